The summed E-state index contributed by atoms with van der Waals surface area (Å²) in [6.45, 7) is -0.163. The Labute approximate surface area is 318 Å². The summed E-state index contributed by atoms with van der Waals surface area (Å²) in [5, 5.41) is 55.6. The zero-order chi connectivity index (χ0) is 40.7. The summed E-state index contributed by atoms with van der Waals surface area (Å²) in [4.78, 5) is 68.5. The van der Waals surface area contributed by atoms with E-state index in [0.717, 1.165) is 24.3 Å². The van der Waals surface area contributed by atoms with Gasteiger partial charge in [0.05, 0.1) is 11.0 Å². The third-order valence-corrected chi connectivity index (χ3v) is 9.97. The van der Waals surface area contributed by atoms with E-state index in [1.165, 1.54) is 9.80 Å². The lowest BCUT2D eigenvalue weighted by atomic mass is 9.72. The molecular formula is C33H30BClF4N6O11. The van der Waals surface area contributed by atoms with Crippen LogP contribution in [0.5, 0.6) is 23.0 Å². The number of carbonyl (C=O) groups is 5. The lowest BCUT2D eigenvalue weighted by Crippen LogP contribution is -2.56. The Morgan fingerprint density at radius 2 is 1.59 bits per heavy atom. The van der Waals surface area contributed by atoms with Crippen LogP contribution in [-0.4, -0.2) is 115 Å². The van der Waals surface area contributed by atoms with Gasteiger partial charge in [0.15, 0.2) is 28.9 Å². The molecule has 23 heteroatoms. The highest BCUT2D eigenvalue weighted by Gasteiger charge is 2.43. The van der Waals surface area contributed by atoms with Crippen LogP contribution in [0.2, 0.25) is 5.02 Å². The van der Waals surface area contributed by atoms with Crippen LogP contribution in [0.1, 0.15) is 40.4 Å². The van der Waals surface area contributed by atoms with Gasteiger partial charge in [0, 0.05) is 37.8 Å². The van der Waals surface area contributed by atoms with E-state index in [0.29, 0.717) is 11.0 Å². The number of hydrogen-bond acceptors (Lipinski definition) is 10. The molecule has 56 heavy (non-hydrogen) atoms. The molecule has 0 radical (unpaired) electrons. The van der Waals surface area contributed by atoms with Gasteiger partial charge in [0.1, 0.15) is 34.7 Å². The molecule has 0 aliphatic carbocycles. The van der Waals surface area contributed by atoms with E-state index in [2.05, 4.69) is 16.0 Å². The number of nitrogens with zero attached hydrogens (tertiary/aromatic N) is 3. The van der Waals surface area contributed by atoms with E-state index in [1.54, 1.807) is 0 Å². The minimum atomic E-state index is -2.02. The third kappa shape index (κ3) is 7.43. The second-order valence-corrected chi connectivity index (χ2v) is 13.3. The van der Waals surface area contributed by atoms with Gasteiger partial charge in [0.25, 0.3) is 0 Å². The van der Waals surface area contributed by atoms with Crippen LogP contribution >= 0.6 is 11.6 Å². The predicted molar refractivity (Wildman–Crippen MR) is 184 cm³/mol. The minimum Gasteiger partial charge on any atom is -0.534 e. The predicted octanol–water partition coefficient (Wildman–Crippen LogP) is 3.04. The molecule has 3 aromatic carbocycles. The van der Waals surface area contributed by atoms with Crippen molar-refractivity contribution in [2.24, 2.45) is 0 Å². The first-order valence-electron chi connectivity index (χ1n) is 16.7. The van der Waals surface area contributed by atoms with Crippen molar-refractivity contribution in [3.8, 4) is 23.0 Å². The molecule has 296 valence electrons. The molecule has 0 unspecified atom stereocenters. The first-order valence-corrected chi connectivity index (χ1v) is 17.1. The molecular weight excluding hydrogens is 779 g/mol. The number of piperidine rings is 1. The number of aromatic hydroxyl groups is 3. The van der Waals surface area contributed by atoms with Crippen LogP contribution in [-0.2, 0) is 11.2 Å². The number of aromatic carboxylic acids is 1. The smallest absolute Gasteiger partial charge is 0.534 e. The number of fused-ring (bicyclic) bond motifs is 1. The van der Waals surface area contributed by atoms with Gasteiger partial charge in [0.2, 0.25) is 5.91 Å². The molecule has 3 aromatic rings. The van der Waals surface area contributed by atoms with Crippen LogP contribution in [0.3, 0.4) is 0 Å². The van der Waals surface area contributed by atoms with Gasteiger partial charge in [-0.1, -0.05) is 17.7 Å². The van der Waals surface area contributed by atoms with E-state index < -0.39 is 123 Å². The highest BCUT2D eigenvalue weighted by molar-refractivity contribution is 6.47. The molecule has 17 nitrogen and oxygen atoms in total. The molecule has 8 N–H and O–H groups in total. The third-order valence-electron chi connectivity index (χ3n) is 9.57. The molecule has 2 saturated heterocycles. The summed E-state index contributed by atoms with van der Waals surface area (Å²) in [6, 6.07) is -1.31. The lowest BCUT2D eigenvalue weighted by molar-refractivity contribution is -0.123. The van der Waals surface area contributed by atoms with Gasteiger partial charge in [-0.25, -0.2) is 41.6 Å². The fourth-order valence-corrected chi connectivity index (χ4v) is 6.90. The molecule has 7 amide bonds. The summed E-state index contributed by atoms with van der Waals surface area (Å²) in [6.07, 6.45) is 0.0414. The summed E-state index contributed by atoms with van der Waals surface area (Å²) in [5.41, 5.74) is -2.23. The number of phenols is 3. The SMILES string of the molecule is O=C(O)c1c(F)ccc2c1OB(O)[C@@H](NC(=O)[C@@H](NC(=O)N1CCN(C3CCN(C(=O)Nc4c(F)ccc(O)c4F)CC3)C1=O)c1cc(F)c(O)c(O)c1Cl)C2. The molecule has 2 fully saturated rings. The van der Waals surface area contributed by atoms with Crippen molar-refractivity contribution >= 4 is 54.4 Å². The minimum absolute atomic E-state index is 0.000977. The Balaban J connectivity index is 1.15. The summed E-state index contributed by atoms with van der Waals surface area (Å²) < 4.78 is 62.4. The summed E-state index contributed by atoms with van der Waals surface area (Å²) in [7, 11) is -1.97. The van der Waals surface area contributed by atoms with E-state index in [4.69, 9.17) is 16.3 Å². The number of urea groups is 3. The fourth-order valence-electron chi connectivity index (χ4n) is 6.65. The number of hydrogen-bond donors (Lipinski definition) is 8. The maximum atomic E-state index is 14.7. The van der Waals surface area contributed by atoms with Crippen LogP contribution in [0.15, 0.2) is 30.3 Å². The van der Waals surface area contributed by atoms with Crippen molar-refractivity contribution in [1.29, 1.82) is 0 Å². The van der Waals surface area contributed by atoms with Gasteiger partial charge in [-0.05, 0) is 49.1 Å². The molecule has 6 rings (SSSR count). The van der Waals surface area contributed by atoms with Crippen LogP contribution in [0, 0.1) is 23.3 Å². The number of carboxylic acids is 1. The standard InChI is InChI=1S/C33H30BClF4N6O11/c35-22-15(12-18(38)26(47)27(22)48)24(29(49)40-20-11-13-1-2-16(36)21(30(50)51)28(13)56-34(20)55)41-32(53)45-10-9-44(33(45)54)14-5-7-43(8-6-14)31(52)42-25-17(37)3-4-19(46)23(25)39/h1-4,12,14,20,24,46-48,55H,5-11H2,(H,40,49)(H,41,53)(H,42,52)(H,50,51)/t20-,24-/m0/s1. The van der Waals surface area contributed by atoms with Crippen molar-refractivity contribution in [1.82, 2.24) is 25.3 Å². The molecule has 0 aromatic heterocycles. The summed E-state index contributed by atoms with van der Waals surface area (Å²) in [5.74, 6) is -13.2. The van der Waals surface area contributed by atoms with Crippen LogP contribution in [0.4, 0.5) is 37.6 Å². The van der Waals surface area contributed by atoms with E-state index in [1.807, 2.05) is 0 Å². The van der Waals surface area contributed by atoms with Crippen LogP contribution in [0.25, 0.3) is 0 Å². The van der Waals surface area contributed by atoms with Crippen molar-refractivity contribution in [3.63, 3.8) is 0 Å². The Morgan fingerprint density at radius 1 is 0.911 bits per heavy atom. The van der Waals surface area contributed by atoms with E-state index in [9.17, 15) is 67.0 Å². The first-order chi connectivity index (χ1) is 26.5. The fraction of sp³-hybridized carbons (Fsp3) is 0.303. The number of amides is 7. The number of benzene rings is 3. The summed E-state index contributed by atoms with van der Waals surface area (Å²) >= 11 is 6.17. The average molecular weight is 809 g/mol. The topological polar surface area (TPSA) is 242 Å². The Kier molecular flexibility index (Phi) is 11.0. The number of carbonyl (C=O) groups excluding carboxylic acids is 4. The molecule has 2 atom stereocenters. The van der Waals surface area contributed by atoms with Gasteiger partial charge in [-0.15, -0.1) is 0 Å². The van der Waals surface area contributed by atoms with Gasteiger partial charge < -0.3 is 55.9 Å². The molecule has 0 saturated carbocycles. The first kappa shape index (κ1) is 39.5. The van der Waals surface area contributed by atoms with Gasteiger partial charge >= 0.3 is 31.2 Å². The number of likely N-dealkylation sites (tertiary alicyclic amines) is 1. The Morgan fingerprint density at radius 3 is 2.27 bits per heavy atom. The van der Waals surface area contributed by atoms with Crippen LogP contribution < -0.4 is 20.6 Å². The number of nitrogens with one attached hydrogen (secondary N) is 3. The maximum Gasteiger partial charge on any atom is 0.547 e. The van der Waals surface area contributed by atoms with E-state index in [-0.39, 0.29) is 51.0 Å². The zero-order valence-electron chi connectivity index (χ0n) is 28.6. The quantitative estimate of drug-likeness (QED) is 0.0981. The number of rotatable bonds is 7. The largest absolute Gasteiger partial charge is 0.547 e. The Hall–Kier alpha value is -6.16. The molecule has 3 aliphatic heterocycles. The highest BCUT2D eigenvalue weighted by Crippen LogP contribution is 2.41. The lowest BCUT2D eigenvalue weighted by Gasteiger charge is -2.36. The monoisotopic (exact) mass is 808 g/mol. The molecule has 3 aliphatic rings. The van der Waals surface area contributed by atoms with Crippen molar-refractivity contribution in [2.45, 2.75) is 37.3 Å². The Bertz CT molecular complexity index is 2150. The zero-order valence-corrected chi connectivity index (χ0v) is 29.3. The highest BCUT2D eigenvalue weighted by atomic mass is 35.5. The number of halogens is 5. The number of anilines is 1. The molecule has 3 heterocycles. The van der Waals surface area contributed by atoms with Crippen molar-refractivity contribution in [3.05, 3.63) is 75.3 Å². The van der Waals surface area contributed by atoms with Crippen molar-refractivity contribution < 1.29 is 71.6 Å². The second kappa shape index (κ2) is 15.5. The average Bonchev–Trinajstić information content (AvgIpc) is 3.55. The number of phenolic OH excluding ortho intramolecular Hbond substituents is 3. The number of imide groups is 1. The van der Waals surface area contributed by atoms with Crippen molar-refractivity contribution in [2.75, 3.05) is 31.5 Å². The molecule has 0 spiro atoms. The van der Waals surface area contributed by atoms with E-state index >= 15 is 0 Å². The second-order valence-electron chi connectivity index (χ2n) is 12.9. The number of carboxylic acid groups (broad SMARTS) is 1. The van der Waals surface area contributed by atoms with Gasteiger partial charge in [-0.2, -0.15) is 0 Å². The maximum absolute atomic E-state index is 14.7. The van der Waals surface area contributed by atoms with Gasteiger partial charge in [-0.3, -0.25) is 4.79 Å². The molecule has 0 bridgehead atoms. The normalized spacial score (nSPS) is 17.6.